The topological polar surface area (TPSA) is 62.3 Å². The fraction of sp³-hybridized carbons (Fsp3) is 0.389. The molecule has 1 saturated heterocycles. The molecule has 1 aliphatic heterocycles. The molecule has 0 spiro atoms. The van der Waals surface area contributed by atoms with Crippen LogP contribution in [0.5, 0.6) is 0 Å². The Morgan fingerprint density at radius 2 is 2.28 bits per heavy atom. The first-order valence-electron chi connectivity index (χ1n) is 8.36. The van der Waals surface area contributed by atoms with Crippen LogP contribution in [0.25, 0.3) is 10.6 Å². The zero-order valence-electron chi connectivity index (χ0n) is 13.8. The van der Waals surface area contributed by atoms with Crippen LogP contribution in [0.3, 0.4) is 0 Å². The first-order valence-corrected chi connectivity index (χ1v) is 9.24. The number of likely N-dealkylation sites (tertiary alicyclic amines) is 1. The number of thiazole rings is 1. The predicted octanol–water partition coefficient (Wildman–Crippen LogP) is 2.62. The monoisotopic (exact) mass is 361 g/mol. The van der Waals surface area contributed by atoms with Gasteiger partial charge in [0.15, 0.2) is 0 Å². The Balaban J connectivity index is 1.43. The summed E-state index contributed by atoms with van der Waals surface area (Å²) in [7, 11) is 0. The molecule has 2 heterocycles. The summed E-state index contributed by atoms with van der Waals surface area (Å²) in [6.07, 6.45) is 2.53. The summed E-state index contributed by atoms with van der Waals surface area (Å²) in [6, 6.07) is 6.26. The fourth-order valence-corrected chi connectivity index (χ4v) is 3.62. The van der Waals surface area contributed by atoms with Crippen molar-refractivity contribution in [3.8, 4) is 10.6 Å². The number of carbonyl (C=O) groups is 2. The fourth-order valence-electron chi connectivity index (χ4n) is 2.81. The summed E-state index contributed by atoms with van der Waals surface area (Å²) in [5, 5.41) is 5.38. The zero-order valence-corrected chi connectivity index (χ0v) is 14.7. The lowest BCUT2D eigenvalue weighted by atomic mass is 10.2. The van der Waals surface area contributed by atoms with E-state index in [1.807, 2.05) is 10.3 Å². The van der Waals surface area contributed by atoms with Gasteiger partial charge in [0, 0.05) is 37.0 Å². The third-order valence-corrected chi connectivity index (χ3v) is 5.00. The second-order valence-electron chi connectivity index (χ2n) is 6.02. The van der Waals surface area contributed by atoms with Crippen LogP contribution >= 0.6 is 11.3 Å². The smallest absolute Gasteiger partial charge is 0.226 e. The van der Waals surface area contributed by atoms with E-state index >= 15 is 0 Å². The number of hydrogen-bond donors (Lipinski definition) is 1. The minimum absolute atomic E-state index is 0.0937. The van der Waals surface area contributed by atoms with Gasteiger partial charge >= 0.3 is 0 Å². The Morgan fingerprint density at radius 1 is 1.40 bits per heavy atom. The van der Waals surface area contributed by atoms with Gasteiger partial charge in [-0.05, 0) is 25.0 Å². The van der Waals surface area contributed by atoms with Gasteiger partial charge in [0.2, 0.25) is 11.8 Å². The number of halogens is 1. The number of aromatic nitrogens is 1. The molecule has 5 nitrogen and oxygen atoms in total. The Hall–Kier alpha value is -2.28. The van der Waals surface area contributed by atoms with Gasteiger partial charge in [0.1, 0.15) is 10.8 Å². The lowest BCUT2D eigenvalue weighted by molar-refractivity contribution is -0.127. The van der Waals surface area contributed by atoms with Crippen molar-refractivity contribution in [2.24, 2.45) is 0 Å². The second kappa shape index (κ2) is 8.20. The molecule has 0 bridgehead atoms. The summed E-state index contributed by atoms with van der Waals surface area (Å²) < 4.78 is 13.3. The molecule has 7 heteroatoms. The van der Waals surface area contributed by atoms with Crippen molar-refractivity contribution in [3.05, 3.63) is 41.2 Å². The Morgan fingerprint density at radius 3 is 3.04 bits per heavy atom. The molecule has 2 amide bonds. The van der Waals surface area contributed by atoms with Gasteiger partial charge in [-0.25, -0.2) is 9.37 Å². The SMILES string of the molecule is O=C(Cc1csc(-c2cccc(F)c2)n1)NCCCN1CCCC1=O. The molecule has 0 saturated carbocycles. The molecule has 0 atom stereocenters. The zero-order chi connectivity index (χ0) is 17.6. The highest BCUT2D eigenvalue weighted by Crippen LogP contribution is 2.24. The van der Waals surface area contributed by atoms with Crippen LogP contribution in [0.1, 0.15) is 25.0 Å². The minimum Gasteiger partial charge on any atom is -0.356 e. The quantitative estimate of drug-likeness (QED) is 0.771. The van der Waals surface area contributed by atoms with E-state index in [0.29, 0.717) is 35.8 Å². The van der Waals surface area contributed by atoms with Gasteiger partial charge in [0.25, 0.3) is 0 Å². The van der Waals surface area contributed by atoms with Crippen molar-refractivity contribution in [2.75, 3.05) is 19.6 Å². The summed E-state index contributed by atoms with van der Waals surface area (Å²) in [6.45, 7) is 2.07. The number of rotatable bonds is 7. The van der Waals surface area contributed by atoms with Crippen molar-refractivity contribution in [2.45, 2.75) is 25.7 Å². The van der Waals surface area contributed by atoms with E-state index < -0.39 is 0 Å². The minimum atomic E-state index is -0.302. The predicted molar refractivity (Wildman–Crippen MR) is 94.7 cm³/mol. The van der Waals surface area contributed by atoms with Gasteiger partial charge in [-0.2, -0.15) is 0 Å². The second-order valence-corrected chi connectivity index (χ2v) is 6.88. The summed E-state index contributed by atoms with van der Waals surface area (Å²) in [4.78, 5) is 29.7. The first-order chi connectivity index (χ1) is 12.1. The van der Waals surface area contributed by atoms with Crippen LogP contribution in [-0.4, -0.2) is 41.3 Å². The molecule has 2 aromatic rings. The molecule has 0 radical (unpaired) electrons. The third-order valence-electron chi connectivity index (χ3n) is 4.06. The molecule has 1 N–H and O–H groups in total. The summed E-state index contributed by atoms with van der Waals surface area (Å²) in [5.74, 6) is -0.189. The van der Waals surface area contributed by atoms with Crippen molar-refractivity contribution >= 4 is 23.2 Å². The van der Waals surface area contributed by atoms with Crippen molar-refractivity contribution in [1.82, 2.24) is 15.2 Å². The van der Waals surface area contributed by atoms with Crippen molar-refractivity contribution in [3.63, 3.8) is 0 Å². The lowest BCUT2D eigenvalue weighted by Gasteiger charge is -2.15. The van der Waals surface area contributed by atoms with Crippen LogP contribution in [0.4, 0.5) is 4.39 Å². The number of carbonyl (C=O) groups excluding carboxylic acids is 2. The number of amides is 2. The molecule has 1 aromatic heterocycles. The number of nitrogens with one attached hydrogen (secondary N) is 1. The van der Waals surface area contributed by atoms with E-state index in [1.54, 1.807) is 12.1 Å². The average Bonchev–Trinajstić information content (AvgIpc) is 3.21. The Kier molecular flexibility index (Phi) is 5.75. The van der Waals surface area contributed by atoms with Crippen molar-refractivity contribution in [1.29, 1.82) is 0 Å². The number of nitrogens with zero attached hydrogens (tertiary/aromatic N) is 2. The van der Waals surface area contributed by atoms with Crippen LogP contribution in [-0.2, 0) is 16.0 Å². The van der Waals surface area contributed by atoms with Crippen LogP contribution in [0, 0.1) is 5.82 Å². The molecule has 1 aliphatic rings. The van der Waals surface area contributed by atoms with Crippen molar-refractivity contribution < 1.29 is 14.0 Å². The Bertz CT molecular complexity index is 762. The molecule has 3 rings (SSSR count). The van der Waals surface area contributed by atoms with E-state index in [0.717, 1.165) is 19.4 Å². The summed E-state index contributed by atoms with van der Waals surface area (Å²) >= 11 is 1.40. The highest BCUT2D eigenvalue weighted by Gasteiger charge is 2.19. The molecule has 0 aliphatic carbocycles. The molecular formula is C18H20FN3O2S. The van der Waals surface area contributed by atoms with Crippen LogP contribution in [0.15, 0.2) is 29.6 Å². The number of hydrogen-bond acceptors (Lipinski definition) is 4. The van der Waals surface area contributed by atoms with Gasteiger partial charge in [-0.1, -0.05) is 12.1 Å². The van der Waals surface area contributed by atoms with E-state index in [4.69, 9.17) is 0 Å². The molecule has 25 heavy (non-hydrogen) atoms. The molecular weight excluding hydrogens is 341 g/mol. The van der Waals surface area contributed by atoms with Gasteiger partial charge in [-0.15, -0.1) is 11.3 Å². The molecule has 132 valence electrons. The Labute approximate surface area is 149 Å². The lowest BCUT2D eigenvalue weighted by Crippen LogP contribution is -2.31. The van der Waals surface area contributed by atoms with Gasteiger partial charge in [-0.3, -0.25) is 9.59 Å². The van der Waals surface area contributed by atoms with E-state index in [1.165, 1.54) is 23.5 Å². The maximum Gasteiger partial charge on any atom is 0.226 e. The van der Waals surface area contributed by atoms with E-state index in [9.17, 15) is 14.0 Å². The normalized spacial score (nSPS) is 14.1. The largest absolute Gasteiger partial charge is 0.356 e. The van der Waals surface area contributed by atoms with Crippen LogP contribution < -0.4 is 5.32 Å². The van der Waals surface area contributed by atoms with Gasteiger partial charge in [0.05, 0.1) is 12.1 Å². The van der Waals surface area contributed by atoms with E-state index in [2.05, 4.69) is 10.3 Å². The average molecular weight is 361 g/mol. The maximum atomic E-state index is 13.3. The van der Waals surface area contributed by atoms with E-state index in [-0.39, 0.29) is 24.1 Å². The highest BCUT2D eigenvalue weighted by molar-refractivity contribution is 7.13. The summed E-state index contributed by atoms with van der Waals surface area (Å²) in [5.41, 5.74) is 1.39. The first kappa shape index (κ1) is 17.5. The standard InChI is InChI=1S/C18H20FN3O2S/c19-14-5-1-4-13(10-14)18-21-15(12-25-18)11-16(23)20-7-3-9-22-8-2-6-17(22)24/h1,4-5,10,12H,2-3,6-9,11H2,(H,20,23). The molecule has 0 unspecified atom stereocenters. The highest BCUT2D eigenvalue weighted by atomic mass is 32.1. The third kappa shape index (κ3) is 4.85. The molecule has 1 fully saturated rings. The molecule has 1 aromatic carbocycles. The van der Waals surface area contributed by atoms with Gasteiger partial charge < -0.3 is 10.2 Å². The van der Waals surface area contributed by atoms with Crippen LogP contribution in [0.2, 0.25) is 0 Å². The number of benzene rings is 1. The maximum absolute atomic E-state index is 13.3.